The molecular weight excluding hydrogens is 348 g/mol. The van der Waals surface area contributed by atoms with Crippen LogP contribution in [-0.2, 0) is 0 Å². The van der Waals surface area contributed by atoms with E-state index in [1.807, 2.05) is 30.3 Å². The Labute approximate surface area is 165 Å². The van der Waals surface area contributed by atoms with Gasteiger partial charge in [-0.3, -0.25) is 4.79 Å². The molecule has 1 aliphatic heterocycles. The maximum absolute atomic E-state index is 11.9. The molecule has 28 heavy (non-hydrogen) atoms. The fraction of sp³-hybridized carbons (Fsp3) is 0.304. The second kappa shape index (κ2) is 8.85. The fourth-order valence-corrected chi connectivity index (χ4v) is 3.76. The molecule has 1 aliphatic rings. The summed E-state index contributed by atoms with van der Waals surface area (Å²) in [5.41, 5.74) is 1.12. The Morgan fingerprint density at radius 2 is 1.75 bits per heavy atom. The van der Waals surface area contributed by atoms with Crippen molar-refractivity contribution < 1.29 is 0 Å². The van der Waals surface area contributed by atoms with Crippen molar-refractivity contribution in [2.75, 3.05) is 25.0 Å². The van der Waals surface area contributed by atoms with Gasteiger partial charge in [0.05, 0.1) is 5.39 Å². The van der Waals surface area contributed by atoms with Crippen molar-refractivity contribution >= 4 is 22.7 Å². The van der Waals surface area contributed by atoms with Gasteiger partial charge >= 0.3 is 0 Å². The van der Waals surface area contributed by atoms with E-state index in [9.17, 15) is 4.79 Å². The van der Waals surface area contributed by atoms with Gasteiger partial charge in [0.2, 0.25) is 0 Å². The summed E-state index contributed by atoms with van der Waals surface area (Å²) >= 11 is 0. The van der Waals surface area contributed by atoms with E-state index >= 15 is 0 Å². The minimum absolute atomic E-state index is 0.139. The quantitative estimate of drug-likeness (QED) is 0.687. The van der Waals surface area contributed by atoms with Crippen molar-refractivity contribution in [2.45, 2.75) is 25.3 Å². The van der Waals surface area contributed by atoms with Gasteiger partial charge in [-0.1, -0.05) is 60.7 Å². The highest BCUT2D eigenvalue weighted by Gasteiger charge is 2.19. The van der Waals surface area contributed by atoms with Crippen LogP contribution in [0.1, 0.15) is 24.8 Å². The molecule has 0 amide bonds. The number of H-pyrrole nitrogens is 1. The summed E-state index contributed by atoms with van der Waals surface area (Å²) in [6, 6.07) is 18.4. The number of fused-ring (bicyclic) bond motifs is 1. The second-order valence-corrected chi connectivity index (χ2v) is 7.31. The Bertz CT molecular complexity index is 988. The van der Waals surface area contributed by atoms with Crippen molar-refractivity contribution in [2.24, 2.45) is 0 Å². The van der Waals surface area contributed by atoms with Crippen LogP contribution in [0.2, 0.25) is 0 Å². The summed E-state index contributed by atoms with van der Waals surface area (Å²) in [6.07, 6.45) is 7.69. The molecule has 1 saturated heterocycles. The molecule has 0 aliphatic carbocycles. The Morgan fingerprint density at radius 3 is 2.54 bits per heavy atom. The molecule has 0 spiro atoms. The second-order valence-electron chi connectivity index (χ2n) is 7.31. The van der Waals surface area contributed by atoms with Crippen molar-refractivity contribution in [3.8, 4) is 0 Å². The Hall–Kier alpha value is -2.92. The number of aromatic amines is 1. The first kappa shape index (κ1) is 18.4. The summed E-state index contributed by atoms with van der Waals surface area (Å²) in [6.45, 7) is 3.26. The summed E-state index contributed by atoms with van der Waals surface area (Å²) in [5, 5.41) is 12.0. The van der Waals surface area contributed by atoms with E-state index in [0.717, 1.165) is 50.1 Å². The lowest BCUT2D eigenvalue weighted by Gasteiger charge is -2.32. The van der Waals surface area contributed by atoms with E-state index in [2.05, 4.69) is 56.8 Å². The average Bonchev–Trinajstić information content (AvgIpc) is 2.75. The Kier molecular flexibility index (Phi) is 5.83. The standard InChI is InChI=1S/C23H26N4O/c28-23-21-12-5-4-11-20(21)22(25-26-23)24-19-13-16-27(17-14-19)15-7-6-10-18-8-2-1-3-9-18/h1-6,8-12,19H,7,13-17H2,(H,24,25)(H,26,28)/b10-6+. The van der Waals surface area contributed by atoms with Crippen LogP contribution in [0.25, 0.3) is 16.8 Å². The molecular formula is C23H26N4O. The van der Waals surface area contributed by atoms with Crippen LogP contribution in [0.4, 0.5) is 5.82 Å². The van der Waals surface area contributed by atoms with Gasteiger partial charge < -0.3 is 10.2 Å². The fourth-order valence-electron chi connectivity index (χ4n) is 3.76. The van der Waals surface area contributed by atoms with Crippen LogP contribution in [0.15, 0.2) is 65.5 Å². The zero-order chi connectivity index (χ0) is 19.2. The van der Waals surface area contributed by atoms with Crippen LogP contribution in [0.5, 0.6) is 0 Å². The SMILES string of the molecule is O=c1[nH]nc(NC2CCN(CC/C=C/c3ccccc3)CC2)c2ccccc12. The number of nitrogens with one attached hydrogen (secondary N) is 2. The zero-order valence-corrected chi connectivity index (χ0v) is 16.0. The zero-order valence-electron chi connectivity index (χ0n) is 16.0. The number of benzene rings is 2. The third kappa shape index (κ3) is 4.49. The van der Waals surface area contributed by atoms with Gasteiger partial charge in [-0.2, -0.15) is 5.10 Å². The molecule has 0 saturated carbocycles. The maximum Gasteiger partial charge on any atom is 0.272 e. The Balaban J connectivity index is 1.27. The monoisotopic (exact) mass is 374 g/mol. The van der Waals surface area contributed by atoms with Gasteiger partial charge in [0.1, 0.15) is 0 Å². The van der Waals surface area contributed by atoms with Gasteiger partial charge in [0, 0.05) is 31.1 Å². The molecule has 144 valence electrons. The highest BCUT2D eigenvalue weighted by molar-refractivity contribution is 5.90. The van der Waals surface area contributed by atoms with E-state index in [1.165, 1.54) is 5.56 Å². The van der Waals surface area contributed by atoms with Crippen LogP contribution in [0, 0.1) is 0 Å². The predicted molar refractivity (Wildman–Crippen MR) is 116 cm³/mol. The lowest BCUT2D eigenvalue weighted by molar-refractivity contribution is 0.223. The maximum atomic E-state index is 11.9. The number of hydrogen-bond acceptors (Lipinski definition) is 4. The minimum atomic E-state index is -0.139. The van der Waals surface area contributed by atoms with E-state index in [4.69, 9.17) is 0 Å². The predicted octanol–water partition coefficient (Wildman–Crippen LogP) is 3.90. The summed E-state index contributed by atoms with van der Waals surface area (Å²) in [4.78, 5) is 14.4. The molecule has 0 unspecified atom stereocenters. The smallest absolute Gasteiger partial charge is 0.272 e. The molecule has 0 radical (unpaired) electrons. The number of aromatic nitrogens is 2. The van der Waals surface area contributed by atoms with Crippen molar-refractivity contribution in [1.82, 2.24) is 15.1 Å². The lowest BCUT2D eigenvalue weighted by Crippen LogP contribution is -2.39. The lowest BCUT2D eigenvalue weighted by atomic mass is 10.0. The summed E-state index contributed by atoms with van der Waals surface area (Å²) in [7, 11) is 0. The Morgan fingerprint density at radius 1 is 1.04 bits per heavy atom. The first-order chi connectivity index (χ1) is 13.8. The van der Waals surface area contributed by atoms with E-state index in [-0.39, 0.29) is 5.56 Å². The highest BCUT2D eigenvalue weighted by atomic mass is 16.1. The summed E-state index contributed by atoms with van der Waals surface area (Å²) < 4.78 is 0. The average molecular weight is 374 g/mol. The van der Waals surface area contributed by atoms with Crippen LogP contribution < -0.4 is 10.9 Å². The topological polar surface area (TPSA) is 61.0 Å². The van der Waals surface area contributed by atoms with E-state index in [0.29, 0.717) is 11.4 Å². The first-order valence-electron chi connectivity index (χ1n) is 9.97. The number of rotatable bonds is 6. The molecule has 1 fully saturated rings. The third-order valence-corrected chi connectivity index (χ3v) is 5.35. The van der Waals surface area contributed by atoms with Crippen molar-refractivity contribution in [3.63, 3.8) is 0 Å². The number of likely N-dealkylation sites (tertiary alicyclic amines) is 1. The van der Waals surface area contributed by atoms with E-state index in [1.54, 1.807) is 0 Å². The molecule has 0 atom stereocenters. The molecule has 2 aromatic carbocycles. The van der Waals surface area contributed by atoms with Gasteiger partial charge in [-0.15, -0.1) is 0 Å². The van der Waals surface area contributed by atoms with Crippen LogP contribution >= 0.6 is 0 Å². The number of hydrogen-bond donors (Lipinski definition) is 2. The minimum Gasteiger partial charge on any atom is -0.365 e. The number of anilines is 1. The van der Waals surface area contributed by atoms with Gasteiger partial charge in [0.25, 0.3) is 5.56 Å². The van der Waals surface area contributed by atoms with Crippen LogP contribution in [0.3, 0.4) is 0 Å². The van der Waals surface area contributed by atoms with Gasteiger partial charge in [-0.25, -0.2) is 5.10 Å². The molecule has 0 bridgehead atoms. The largest absolute Gasteiger partial charge is 0.365 e. The molecule has 3 aromatic rings. The normalized spacial score (nSPS) is 16.0. The van der Waals surface area contributed by atoms with Gasteiger partial charge in [0.15, 0.2) is 5.82 Å². The van der Waals surface area contributed by atoms with Crippen LogP contribution in [-0.4, -0.2) is 40.8 Å². The highest BCUT2D eigenvalue weighted by Crippen LogP contribution is 2.21. The van der Waals surface area contributed by atoms with Gasteiger partial charge in [-0.05, 0) is 30.9 Å². The number of nitrogens with zero attached hydrogens (tertiary/aromatic N) is 2. The number of piperidine rings is 1. The van der Waals surface area contributed by atoms with E-state index < -0.39 is 0 Å². The summed E-state index contributed by atoms with van der Waals surface area (Å²) in [5.74, 6) is 0.777. The molecule has 2 heterocycles. The van der Waals surface area contributed by atoms with Crippen molar-refractivity contribution in [1.29, 1.82) is 0 Å². The molecule has 2 N–H and O–H groups in total. The third-order valence-electron chi connectivity index (χ3n) is 5.35. The van der Waals surface area contributed by atoms with Crippen molar-refractivity contribution in [3.05, 3.63) is 76.6 Å². The molecule has 1 aromatic heterocycles. The molecule has 5 nitrogen and oxygen atoms in total. The molecule has 5 heteroatoms. The molecule has 4 rings (SSSR count). The first-order valence-corrected chi connectivity index (χ1v) is 9.97.